The Morgan fingerprint density at radius 2 is 1.89 bits per heavy atom. The first-order chi connectivity index (χ1) is 13.0. The van der Waals surface area contributed by atoms with Crippen molar-refractivity contribution >= 4 is 28.4 Å². The van der Waals surface area contributed by atoms with Crippen LogP contribution in [-0.2, 0) is 11.2 Å². The molecule has 27 heavy (non-hydrogen) atoms. The maximum Gasteiger partial charge on any atom is 0.323 e. The molecule has 7 nitrogen and oxygen atoms in total. The molecule has 1 aliphatic rings. The number of halogens is 1. The normalized spacial score (nSPS) is 14.8. The third-order valence-electron chi connectivity index (χ3n) is 4.36. The van der Waals surface area contributed by atoms with E-state index >= 15 is 0 Å². The molecule has 0 unspecified atom stereocenters. The molecule has 1 aromatic heterocycles. The number of hydrogen-bond acceptors (Lipinski definition) is 5. The first kappa shape index (κ1) is 19.2. The number of urea groups is 1. The molecule has 0 saturated carbocycles. The molecule has 2 N–H and O–H groups in total. The summed E-state index contributed by atoms with van der Waals surface area (Å²) in [6.07, 6.45) is 2.37. The molecule has 0 radical (unpaired) electrons. The topological polar surface area (TPSA) is 77.6 Å². The second-order valence-corrected chi connectivity index (χ2v) is 7.42. The van der Waals surface area contributed by atoms with Crippen LogP contribution >= 0.6 is 11.3 Å². The summed E-state index contributed by atoms with van der Waals surface area (Å²) in [5.41, 5.74) is 0.991. The van der Waals surface area contributed by atoms with E-state index in [4.69, 9.17) is 0 Å². The van der Waals surface area contributed by atoms with E-state index in [1.54, 1.807) is 30.3 Å². The number of benzene rings is 1. The van der Waals surface area contributed by atoms with Crippen molar-refractivity contribution in [1.29, 1.82) is 0 Å². The van der Waals surface area contributed by atoms with Gasteiger partial charge in [0.15, 0.2) is 5.13 Å². The van der Waals surface area contributed by atoms with Gasteiger partial charge in [0.1, 0.15) is 5.82 Å². The van der Waals surface area contributed by atoms with Gasteiger partial charge in [-0.2, -0.15) is 0 Å². The lowest BCUT2D eigenvalue weighted by Gasteiger charge is -2.33. The minimum Gasteiger partial charge on any atom is -0.358 e. The number of nitrogens with zero attached hydrogens (tertiary/aromatic N) is 3. The minimum atomic E-state index is -0.258. The summed E-state index contributed by atoms with van der Waals surface area (Å²) in [4.78, 5) is 32.8. The van der Waals surface area contributed by atoms with Crippen LogP contribution in [0.2, 0.25) is 0 Å². The predicted molar refractivity (Wildman–Crippen MR) is 102 cm³/mol. The highest BCUT2D eigenvalue weighted by Crippen LogP contribution is 2.22. The van der Waals surface area contributed by atoms with Gasteiger partial charge >= 0.3 is 6.03 Å². The van der Waals surface area contributed by atoms with Gasteiger partial charge < -0.3 is 10.2 Å². The Bertz CT molecular complexity index is 787. The van der Waals surface area contributed by atoms with Crippen molar-refractivity contribution in [2.24, 2.45) is 0 Å². The maximum atomic E-state index is 13.0. The lowest BCUT2D eigenvalue weighted by atomic mass is 10.1. The molecular formula is C18H22FN5O2S. The van der Waals surface area contributed by atoms with Crippen molar-refractivity contribution in [2.75, 3.05) is 45.1 Å². The van der Waals surface area contributed by atoms with Gasteiger partial charge in [-0.1, -0.05) is 12.1 Å². The zero-order chi connectivity index (χ0) is 19.2. The van der Waals surface area contributed by atoms with E-state index in [0.717, 1.165) is 10.4 Å². The first-order valence-electron chi connectivity index (χ1n) is 8.71. The highest BCUT2D eigenvalue weighted by molar-refractivity contribution is 7.15. The number of hydrogen-bond donors (Lipinski definition) is 2. The fourth-order valence-electron chi connectivity index (χ4n) is 2.81. The molecule has 0 bridgehead atoms. The number of carbonyl (C=O) groups excluding carboxylic acids is 2. The molecule has 9 heteroatoms. The van der Waals surface area contributed by atoms with Crippen LogP contribution in [0.3, 0.4) is 0 Å². The van der Waals surface area contributed by atoms with Gasteiger partial charge in [-0.15, -0.1) is 11.3 Å². The average Bonchev–Trinajstić information content (AvgIpc) is 3.11. The van der Waals surface area contributed by atoms with E-state index in [1.165, 1.54) is 23.5 Å². The van der Waals surface area contributed by atoms with Crippen LogP contribution in [0.25, 0.3) is 0 Å². The Labute approximate surface area is 161 Å². The molecule has 1 aromatic carbocycles. The SMILES string of the molecule is CNC(=O)CN1CCN(C(=O)Nc2ncc(Cc3ccc(F)cc3)s2)CC1. The number of thiazole rings is 1. The second-order valence-electron chi connectivity index (χ2n) is 6.30. The van der Waals surface area contributed by atoms with Crippen molar-refractivity contribution in [1.82, 2.24) is 20.1 Å². The van der Waals surface area contributed by atoms with Crippen molar-refractivity contribution in [2.45, 2.75) is 6.42 Å². The highest BCUT2D eigenvalue weighted by atomic mass is 32.1. The summed E-state index contributed by atoms with van der Waals surface area (Å²) in [7, 11) is 1.62. The largest absolute Gasteiger partial charge is 0.358 e. The second kappa shape index (κ2) is 8.92. The number of amides is 3. The monoisotopic (exact) mass is 391 g/mol. The number of anilines is 1. The van der Waals surface area contributed by atoms with Crippen molar-refractivity contribution in [3.8, 4) is 0 Å². The number of nitrogens with one attached hydrogen (secondary N) is 2. The summed E-state index contributed by atoms with van der Waals surface area (Å²) < 4.78 is 13.0. The highest BCUT2D eigenvalue weighted by Gasteiger charge is 2.22. The molecule has 1 aliphatic heterocycles. The predicted octanol–water partition coefficient (Wildman–Crippen LogP) is 1.77. The van der Waals surface area contributed by atoms with Crippen LogP contribution in [-0.4, -0.2) is 66.5 Å². The average molecular weight is 391 g/mol. The van der Waals surface area contributed by atoms with E-state index in [1.807, 2.05) is 4.90 Å². The number of piperazine rings is 1. The van der Waals surface area contributed by atoms with Crippen molar-refractivity contribution < 1.29 is 14.0 Å². The third kappa shape index (κ3) is 5.48. The Hall–Kier alpha value is -2.52. The molecule has 0 aliphatic carbocycles. The fraction of sp³-hybridized carbons (Fsp3) is 0.389. The zero-order valence-electron chi connectivity index (χ0n) is 15.1. The smallest absolute Gasteiger partial charge is 0.323 e. The molecule has 0 atom stereocenters. The van der Waals surface area contributed by atoms with Crippen LogP contribution in [0.5, 0.6) is 0 Å². The molecule has 2 aromatic rings. The van der Waals surface area contributed by atoms with Gasteiger partial charge in [0.05, 0.1) is 6.54 Å². The third-order valence-corrected chi connectivity index (χ3v) is 5.28. The zero-order valence-corrected chi connectivity index (χ0v) is 15.9. The maximum absolute atomic E-state index is 13.0. The summed E-state index contributed by atoms with van der Waals surface area (Å²) >= 11 is 1.41. The number of likely N-dealkylation sites (N-methyl/N-ethyl adjacent to an activating group) is 1. The molecule has 3 amide bonds. The molecule has 3 rings (SSSR count). The van der Waals surface area contributed by atoms with Crippen molar-refractivity contribution in [3.63, 3.8) is 0 Å². The van der Waals surface area contributed by atoms with Crippen LogP contribution in [0, 0.1) is 5.82 Å². The fourth-order valence-corrected chi connectivity index (χ4v) is 3.65. The van der Waals surface area contributed by atoms with Crippen LogP contribution in [0.15, 0.2) is 30.5 Å². The van der Waals surface area contributed by atoms with Crippen LogP contribution < -0.4 is 10.6 Å². The first-order valence-corrected chi connectivity index (χ1v) is 9.53. The van der Waals surface area contributed by atoms with E-state index < -0.39 is 0 Å². The number of carbonyl (C=O) groups is 2. The summed E-state index contributed by atoms with van der Waals surface area (Å²) in [5, 5.41) is 5.98. The van der Waals surface area contributed by atoms with Gasteiger partial charge in [0, 0.05) is 50.7 Å². The Balaban J connectivity index is 1.48. The standard InChI is InChI=1S/C18H22FN5O2S/c1-20-16(25)12-23-6-8-24(9-7-23)18(26)22-17-21-11-15(27-17)10-13-2-4-14(19)5-3-13/h2-5,11H,6-10,12H2,1H3,(H,20,25)(H,21,22,26). The van der Waals surface area contributed by atoms with E-state index in [-0.39, 0.29) is 17.8 Å². The van der Waals surface area contributed by atoms with Gasteiger partial charge in [-0.3, -0.25) is 15.0 Å². The number of aromatic nitrogens is 1. The quantitative estimate of drug-likeness (QED) is 0.814. The Morgan fingerprint density at radius 1 is 1.19 bits per heavy atom. The molecular weight excluding hydrogens is 369 g/mol. The summed E-state index contributed by atoms with van der Waals surface area (Å²) in [6, 6.07) is 6.17. The van der Waals surface area contributed by atoms with E-state index in [2.05, 4.69) is 15.6 Å². The van der Waals surface area contributed by atoms with Crippen LogP contribution in [0.4, 0.5) is 14.3 Å². The molecule has 144 valence electrons. The molecule has 1 fully saturated rings. The van der Waals surface area contributed by atoms with Crippen molar-refractivity contribution in [3.05, 3.63) is 46.7 Å². The summed E-state index contributed by atoms with van der Waals surface area (Å²) in [6.45, 7) is 2.81. The van der Waals surface area contributed by atoms with Gasteiger partial charge in [0.25, 0.3) is 0 Å². The van der Waals surface area contributed by atoms with Crippen LogP contribution in [0.1, 0.15) is 10.4 Å². The van der Waals surface area contributed by atoms with Gasteiger partial charge in [-0.05, 0) is 17.7 Å². The Morgan fingerprint density at radius 3 is 2.56 bits per heavy atom. The summed E-state index contributed by atoms with van der Waals surface area (Å²) in [5.74, 6) is -0.282. The van der Waals surface area contributed by atoms with E-state index in [9.17, 15) is 14.0 Å². The van der Waals surface area contributed by atoms with E-state index in [0.29, 0.717) is 44.3 Å². The molecule has 0 spiro atoms. The molecule has 2 heterocycles. The lowest BCUT2D eigenvalue weighted by molar-refractivity contribution is -0.122. The number of rotatable bonds is 5. The minimum absolute atomic E-state index is 0.0237. The van der Waals surface area contributed by atoms with Gasteiger partial charge in [0.2, 0.25) is 5.91 Å². The Kier molecular flexibility index (Phi) is 6.36. The molecule has 1 saturated heterocycles. The lowest BCUT2D eigenvalue weighted by Crippen LogP contribution is -2.51. The van der Waals surface area contributed by atoms with Gasteiger partial charge in [-0.25, -0.2) is 14.2 Å².